The van der Waals surface area contributed by atoms with Gasteiger partial charge in [0.25, 0.3) is 0 Å². The van der Waals surface area contributed by atoms with E-state index in [1.807, 2.05) is 0 Å². The molecule has 96 valence electrons. The molecule has 1 aliphatic rings. The zero-order valence-corrected chi connectivity index (χ0v) is 11.5. The number of rotatable bonds is 6. The van der Waals surface area contributed by atoms with Gasteiger partial charge < -0.3 is 5.73 Å². The SMILES string of the molecule is CCCN(CCC)C1(CN)CCCCC1C. The molecule has 0 bridgehead atoms. The predicted octanol–water partition coefficient (Wildman–Crippen LogP) is 3.02. The molecule has 1 saturated carbocycles. The fourth-order valence-corrected chi connectivity index (χ4v) is 3.40. The molecule has 1 fully saturated rings. The van der Waals surface area contributed by atoms with E-state index in [4.69, 9.17) is 5.73 Å². The first kappa shape index (κ1) is 14.0. The van der Waals surface area contributed by atoms with Crippen molar-refractivity contribution in [2.45, 2.75) is 64.8 Å². The van der Waals surface area contributed by atoms with Gasteiger partial charge in [-0.25, -0.2) is 0 Å². The van der Waals surface area contributed by atoms with Gasteiger partial charge in [-0.3, -0.25) is 4.90 Å². The second kappa shape index (κ2) is 6.61. The monoisotopic (exact) mass is 226 g/mol. The Labute approximate surface area is 102 Å². The molecule has 1 aliphatic carbocycles. The number of nitrogens with two attached hydrogens (primary N) is 1. The van der Waals surface area contributed by atoms with E-state index in [-0.39, 0.29) is 0 Å². The maximum atomic E-state index is 6.15. The Morgan fingerprint density at radius 2 is 1.81 bits per heavy atom. The Morgan fingerprint density at radius 3 is 2.25 bits per heavy atom. The Hall–Kier alpha value is -0.0800. The van der Waals surface area contributed by atoms with Crippen LogP contribution in [0.2, 0.25) is 0 Å². The molecule has 0 amide bonds. The molecule has 0 saturated heterocycles. The average Bonchev–Trinajstić information content (AvgIpc) is 2.30. The second-order valence-electron chi connectivity index (χ2n) is 5.44. The van der Waals surface area contributed by atoms with Crippen LogP contribution in [0.25, 0.3) is 0 Å². The third-order valence-electron chi connectivity index (χ3n) is 4.38. The fraction of sp³-hybridized carbons (Fsp3) is 1.00. The summed E-state index contributed by atoms with van der Waals surface area (Å²) in [7, 11) is 0. The van der Waals surface area contributed by atoms with Gasteiger partial charge in [0.15, 0.2) is 0 Å². The standard InChI is InChI=1S/C14H30N2/c1-4-10-16(11-5-2)14(12-15)9-7-6-8-13(14)3/h13H,4-12,15H2,1-3H3. The lowest BCUT2D eigenvalue weighted by molar-refractivity contribution is 0.0130. The summed E-state index contributed by atoms with van der Waals surface area (Å²) in [6, 6.07) is 0. The molecule has 16 heavy (non-hydrogen) atoms. The van der Waals surface area contributed by atoms with Crippen LogP contribution in [0, 0.1) is 5.92 Å². The van der Waals surface area contributed by atoms with Gasteiger partial charge in [-0.15, -0.1) is 0 Å². The van der Waals surface area contributed by atoms with Crippen molar-refractivity contribution in [3.8, 4) is 0 Å². The van der Waals surface area contributed by atoms with Crippen molar-refractivity contribution in [3.63, 3.8) is 0 Å². The van der Waals surface area contributed by atoms with Gasteiger partial charge in [-0.1, -0.05) is 33.6 Å². The van der Waals surface area contributed by atoms with E-state index in [0.717, 1.165) is 12.5 Å². The number of hydrogen-bond donors (Lipinski definition) is 1. The molecule has 2 heteroatoms. The molecule has 2 N–H and O–H groups in total. The Morgan fingerprint density at radius 1 is 1.19 bits per heavy atom. The van der Waals surface area contributed by atoms with Crippen LogP contribution in [0.1, 0.15) is 59.3 Å². The topological polar surface area (TPSA) is 29.3 Å². The lowest BCUT2D eigenvalue weighted by Crippen LogP contribution is -2.59. The lowest BCUT2D eigenvalue weighted by atomic mass is 9.72. The molecule has 2 atom stereocenters. The van der Waals surface area contributed by atoms with Crippen LogP contribution in [-0.4, -0.2) is 30.1 Å². The molecule has 2 unspecified atom stereocenters. The van der Waals surface area contributed by atoms with Gasteiger partial charge >= 0.3 is 0 Å². The van der Waals surface area contributed by atoms with Crippen LogP contribution < -0.4 is 5.73 Å². The molecule has 0 aromatic carbocycles. The molecule has 0 aromatic heterocycles. The second-order valence-corrected chi connectivity index (χ2v) is 5.44. The summed E-state index contributed by atoms with van der Waals surface area (Å²) < 4.78 is 0. The Bertz CT molecular complexity index is 187. The first-order valence-corrected chi connectivity index (χ1v) is 7.16. The van der Waals surface area contributed by atoms with Crippen molar-refractivity contribution in [3.05, 3.63) is 0 Å². The van der Waals surface area contributed by atoms with Crippen LogP contribution in [0.4, 0.5) is 0 Å². The maximum absolute atomic E-state index is 6.15. The van der Waals surface area contributed by atoms with Crippen LogP contribution in [0.3, 0.4) is 0 Å². The summed E-state index contributed by atoms with van der Waals surface area (Å²) in [6.07, 6.45) is 7.93. The first-order chi connectivity index (χ1) is 7.71. The first-order valence-electron chi connectivity index (χ1n) is 7.16. The Balaban J connectivity index is 2.79. The third kappa shape index (κ3) is 2.78. The highest BCUT2D eigenvalue weighted by Crippen LogP contribution is 2.37. The summed E-state index contributed by atoms with van der Waals surface area (Å²) in [5.41, 5.74) is 6.46. The van der Waals surface area contributed by atoms with Gasteiger partial charge in [0.2, 0.25) is 0 Å². The lowest BCUT2D eigenvalue weighted by Gasteiger charge is -2.50. The zero-order chi connectivity index (χ0) is 12.0. The van der Waals surface area contributed by atoms with Crippen molar-refractivity contribution in [1.82, 2.24) is 4.90 Å². The smallest absolute Gasteiger partial charge is 0.0357 e. The van der Waals surface area contributed by atoms with Crippen molar-refractivity contribution in [2.24, 2.45) is 11.7 Å². The van der Waals surface area contributed by atoms with E-state index >= 15 is 0 Å². The highest BCUT2D eigenvalue weighted by Gasteiger charge is 2.41. The van der Waals surface area contributed by atoms with Crippen molar-refractivity contribution >= 4 is 0 Å². The number of nitrogens with zero attached hydrogens (tertiary/aromatic N) is 1. The highest BCUT2D eigenvalue weighted by molar-refractivity contribution is 4.98. The van der Waals surface area contributed by atoms with E-state index in [9.17, 15) is 0 Å². The molecule has 0 aliphatic heterocycles. The Kier molecular flexibility index (Phi) is 5.77. The highest BCUT2D eigenvalue weighted by atomic mass is 15.2. The molecular weight excluding hydrogens is 196 g/mol. The van der Waals surface area contributed by atoms with Gasteiger partial charge in [0, 0.05) is 12.1 Å². The van der Waals surface area contributed by atoms with E-state index in [1.165, 1.54) is 51.6 Å². The largest absolute Gasteiger partial charge is 0.329 e. The van der Waals surface area contributed by atoms with Crippen molar-refractivity contribution in [2.75, 3.05) is 19.6 Å². The molecular formula is C14H30N2. The molecule has 0 radical (unpaired) electrons. The molecule has 2 nitrogen and oxygen atoms in total. The van der Waals surface area contributed by atoms with Gasteiger partial charge in [0.05, 0.1) is 0 Å². The summed E-state index contributed by atoms with van der Waals surface area (Å²) in [5.74, 6) is 0.768. The maximum Gasteiger partial charge on any atom is 0.0357 e. The quantitative estimate of drug-likeness (QED) is 0.754. The summed E-state index contributed by atoms with van der Waals surface area (Å²) in [6.45, 7) is 10.2. The molecule has 0 spiro atoms. The van der Waals surface area contributed by atoms with Crippen LogP contribution >= 0.6 is 0 Å². The van der Waals surface area contributed by atoms with Crippen LogP contribution in [0.15, 0.2) is 0 Å². The molecule has 0 heterocycles. The summed E-state index contributed by atoms with van der Waals surface area (Å²) >= 11 is 0. The third-order valence-corrected chi connectivity index (χ3v) is 4.38. The van der Waals surface area contributed by atoms with Crippen molar-refractivity contribution < 1.29 is 0 Å². The minimum absolute atomic E-state index is 0.310. The van der Waals surface area contributed by atoms with Gasteiger partial charge in [-0.2, -0.15) is 0 Å². The predicted molar refractivity (Wildman–Crippen MR) is 71.6 cm³/mol. The number of hydrogen-bond acceptors (Lipinski definition) is 2. The minimum atomic E-state index is 0.310. The zero-order valence-electron chi connectivity index (χ0n) is 11.5. The average molecular weight is 226 g/mol. The van der Waals surface area contributed by atoms with Crippen LogP contribution in [0.5, 0.6) is 0 Å². The normalized spacial score (nSPS) is 30.9. The molecule has 1 rings (SSSR count). The van der Waals surface area contributed by atoms with E-state index in [1.54, 1.807) is 0 Å². The van der Waals surface area contributed by atoms with Gasteiger partial charge in [-0.05, 0) is 44.7 Å². The summed E-state index contributed by atoms with van der Waals surface area (Å²) in [5, 5.41) is 0. The van der Waals surface area contributed by atoms with Crippen molar-refractivity contribution in [1.29, 1.82) is 0 Å². The molecule has 0 aromatic rings. The minimum Gasteiger partial charge on any atom is -0.329 e. The van der Waals surface area contributed by atoms with E-state index in [0.29, 0.717) is 5.54 Å². The fourth-order valence-electron chi connectivity index (χ4n) is 3.40. The summed E-state index contributed by atoms with van der Waals surface area (Å²) in [4.78, 5) is 2.69. The van der Waals surface area contributed by atoms with Gasteiger partial charge in [0.1, 0.15) is 0 Å². The van der Waals surface area contributed by atoms with Crippen LogP contribution in [-0.2, 0) is 0 Å². The van der Waals surface area contributed by atoms with E-state index < -0.39 is 0 Å². The van der Waals surface area contributed by atoms with E-state index in [2.05, 4.69) is 25.7 Å².